The molecular formula is C16H16INO2. The van der Waals surface area contributed by atoms with Crippen LogP contribution in [0.5, 0.6) is 5.75 Å². The molecule has 0 fully saturated rings. The Bertz CT molecular complexity index is 581. The Labute approximate surface area is 132 Å². The van der Waals surface area contributed by atoms with Crippen LogP contribution in [0, 0.1) is 3.57 Å². The monoisotopic (exact) mass is 381 g/mol. The van der Waals surface area contributed by atoms with Gasteiger partial charge in [0, 0.05) is 9.26 Å². The fraction of sp³-hybridized carbons (Fsp3) is 0.188. The molecule has 20 heavy (non-hydrogen) atoms. The average Bonchev–Trinajstić information content (AvgIpc) is 2.46. The molecule has 0 aliphatic heterocycles. The predicted octanol–water partition coefficient (Wildman–Crippen LogP) is 3.87. The number of anilines is 1. The highest BCUT2D eigenvalue weighted by Crippen LogP contribution is 2.14. The number of nitrogens with one attached hydrogen (secondary N) is 1. The quantitative estimate of drug-likeness (QED) is 0.799. The summed E-state index contributed by atoms with van der Waals surface area (Å²) in [5, 5.41) is 2.81. The van der Waals surface area contributed by atoms with Crippen LogP contribution >= 0.6 is 22.6 Å². The topological polar surface area (TPSA) is 38.3 Å². The maximum Gasteiger partial charge on any atom is 0.262 e. The van der Waals surface area contributed by atoms with Crippen molar-refractivity contribution in [1.82, 2.24) is 0 Å². The largest absolute Gasteiger partial charge is 0.484 e. The van der Waals surface area contributed by atoms with E-state index in [0.717, 1.165) is 15.7 Å². The Balaban J connectivity index is 1.85. The molecule has 0 aromatic heterocycles. The maximum atomic E-state index is 11.8. The molecule has 0 unspecified atom stereocenters. The van der Waals surface area contributed by atoms with Gasteiger partial charge in [-0.2, -0.15) is 0 Å². The van der Waals surface area contributed by atoms with Crippen LogP contribution in [0.2, 0.25) is 0 Å². The summed E-state index contributed by atoms with van der Waals surface area (Å²) in [6, 6.07) is 15.4. The molecule has 0 atom stereocenters. The minimum Gasteiger partial charge on any atom is -0.484 e. The number of hydrogen-bond donors (Lipinski definition) is 1. The third-order valence-electron chi connectivity index (χ3n) is 2.81. The number of benzene rings is 2. The lowest BCUT2D eigenvalue weighted by atomic mass is 10.2. The van der Waals surface area contributed by atoms with Crippen molar-refractivity contribution in [1.29, 1.82) is 0 Å². The van der Waals surface area contributed by atoms with Crippen molar-refractivity contribution in [2.24, 2.45) is 0 Å². The molecule has 0 saturated carbocycles. The number of carbonyl (C=O) groups excluding carboxylic acids is 1. The van der Waals surface area contributed by atoms with Crippen molar-refractivity contribution in [2.45, 2.75) is 13.3 Å². The number of rotatable bonds is 5. The lowest BCUT2D eigenvalue weighted by Gasteiger charge is -2.08. The summed E-state index contributed by atoms with van der Waals surface area (Å²) in [7, 11) is 0. The molecule has 0 radical (unpaired) electrons. The van der Waals surface area contributed by atoms with Gasteiger partial charge < -0.3 is 10.1 Å². The highest BCUT2D eigenvalue weighted by Gasteiger charge is 2.04. The molecule has 4 heteroatoms. The first kappa shape index (κ1) is 14.8. The van der Waals surface area contributed by atoms with Crippen LogP contribution in [-0.4, -0.2) is 12.5 Å². The smallest absolute Gasteiger partial charge is 0.262 e. The zero-order valence-electron chi connectivity index (χ0n) is 11.2. The third kappa shape index (κ3) is 4.52. The first-order chi connectivity index (χ1) is 9.67. The molecule has 1 amide bonds. The summed E-state index contributed by atoms with van der Waals surface area (Å²) in [5.41, 5.74) is 2.03. The summed E-state index contributed by atoms with van der Waals surface area (Å²) < 4.78 is 6.54. The van der Waals surface area contributed by atoms with Crippen LogP contribution in [0.25, 0.3) is 0 Å². The summed E-state index contributed by atoms with van der Waals surface area (Å²) in [5.74, 6) is 0.548. The second-order valence-electron chi connectivity index (χ2n) is 4.34. The molecule has 2 rings (SSSR count). The highest BCUT2D eigenvalue weighted by atomic mass is 127. The minimum absolute atomic E-state index is 0.0109. The number of halogens is 1. The van der Waals surface area contributed by atoms with Crippen molar-refractivity contribution in [2.75, 3.05) is 11.9 Å². The van der Waals surface area contributed by atoms with E-state index in [1.807, 2.05) is 48.5 Å². The first-order valence-corrected chi connectivity index (χ1v) is 7.52. The molecule has 0 spiro atoms. The summed E-state index contributed by atoms with van der Waals surface area (Å²) in [6.45, 7) is 2.11. The number of aryl methyl sites for hydroxylation is 1. The van der Waals surface area contributed by atoms with E-state index < -0.39 is 0 Å². The minimum atomic E-state index is -0.161. The molecule has 2 aromatic rings. The Morgan fingerprint density at radius 3 is 2.60 bits per heavy atom. The summed E-state index contributed by atoms with van der Waals surface area (Å²) in [6.07, 6.45) is 0.993. The summed E-state index contributed by atoms with van der Waals surface area (Å²) >= 11 is 2.21. The average molecular weight is 381 g/mol. The van der Waals surface area contributed by atoms with E-state index in [9.17, 15) is 4.79 Å². The van der Waals surface area contributed by atoms with Crippen LogP contribution in [0.15, 0.2) is 48.5 Å². The Morgan fingerprint density at radius 1 is 1.20 bits per heavy atom. The van der Waals surface area contributed by atoms with Crippen molar-refractivity contribution >= 4 is 34.2 Å². The number of carbonyl (C=O) groups is 1. The van der Waals surface area contributed by atoms with Gasteiger partial charge in [-0.05, 0) is 64.9 Å². The zero-order chi connectivity index (χ0) is 14.4. The molecule has 104 valence electrons. The SMILES string of the molecule is CCc1ccc(OCC(=O)Nc2cccc(I)c2)cc1. The van der Waals surface area contributed by atoms with Gasteiger partial charge in [0.1, 0.15) is 5.75 Å². The molecule has 3 nitrogen and oxygen atoms in total. The van der Waals surface area contributed by atoms with Gasteiger partial charge in [-0.25, -0.2) is 0 Å². The van der Waals surface area contributed by atoms with Crippen LogP contribution in [0.3, 0.4) is 0 Å². The number of ether oxygens (including phenoxy) is 1. The lowest BCUT2D eigenvalue weighted by Crippen LogP contribution is -2.20. The second kappa shape index (κ2) is 7.28. The van der Waals surface area contributed by atoms with Crippen LogP contribution in [0.4, 0.5) is 5.69 Å². The van der Waals surface area contributed by atoms with Crippen molar-refractivity contribution in [3.05, 3.63) is 57.7 Å². The second-order valence-corrected chi connectivity index (χ2v) is 5.59. The van der Waals surface area contributed by atoms with Gasteiger partial charge in [0.05, 0.1) is 0 Å². The van der Waals surface area contributed by atoms with Crippen molar-refractivity contribution in [3.63, 3.8) is 0 Å². The number of hydrogen-bond acceptors (Lipinski definition) is 2. The Morgan fingerprint density at radius 2 is 1.95 bits per heavy atom. The summed E-state index contributed by atoms with van der Waals surface area (Å²) in [4.78, 5) is 11.8. The molecule has 0 bridgehead atoms. The van der Waals surface area contributed by atoms with Gasteiger partial charge >= 0.3 is 0 Å². The molecular weight excluding hydrogens is 365 g/mol. The van der Waals surface area contributed by atoms with Crippen molar-refractivity contribution < 1.29 is 9.53 Å². The molecule has 1 N–H and O–H groups in total. The Kier molecular flexibility index (Phi) is 5.40. The van der Waals surface area contributed by atoms with Gasteiger partial charge in [-0.1, -0.05) is 25.1 Å². The molecule has 0 aliphatic carbocycles. The van der Waals surface area contributed by atoms with Gasteiger partial charge in [0.2, 0.25) is 0 Å². The fourth-order valence-electron chi connectivity index (χ4n) is 1.73. The zero-order valence-corrected chi connectivity index (χ0v) is 13.4. The normalized spacial score (nSPS) is 10.1. The van der Waals surface area contributed by atoms with Crippen LogP contribution in [0.1, 0.15) is 12.5 Å². The molecule has 0 heterocycles. The van der Waals surface area contributed by atoms with Gasteiger partial charge in [0.25, 0.3) is 5.91 Å². The van der Waals surface area contributed by atoms with Crippen molar-refractivity contribution in [3.8, 4) is 5.75 Å². The van der Waals surface area contributed by atoms with Crippen LogP contribution in [-0.2, 0) is 11.2 Å². The predicted molar refractivity (Wildman–Crippen MR) is 89.1 cm³/mol. The first-order valence-electron chi connectivity index (χ1n) is 6.44. The molecule has 0 aliphatic rings. The van der Waals surface area contributed by atoms with E-state index in [1.165, 1.54) is 5.56 Å². The van der Waals surface area contributed by atoms with Gasteiger partial charge in [-0.3, -0.25) is 4.79 Å². The Hall–Kier alpha value is -1.56. The van der Waals surface area contributed by atoms with Gasteiger partial charge in [0.15, 0.2) is 6.61 Å². The molecule has 2 aromatic carbocycles. The van der Waals surface area contributed by atoms with E-state index in [4.69, 9.17) is 4.74 Å². The number of amides is 1. The maximum absolute atomic E-state index is 11.8. The third-order valence-corrected chi connectivity index (χ3v) is 3.48. The van der Waals surface area contributed by atoms with E-state index in [-0.39, 0.29) is 12.5 Å². The van der Waals surface area contributed by atoms with E-state index in [1.54, 1.807) is 0 Å². The van der Waals surface area contributed by atoms with Gasteiger partial charge in [-0.15, -0.1) is 0 Å². The fourth-order valence-corrected chi connectivity index (χ4v) is 2.28. The standard InChI is InChI=1S/C16H16INO2/c1-2-12-6-8-15(9-7-12)20-11-16(19)18-14-5-3-4-13(17)10-14/h3-10H,2,11H2,1H3,(H,18,19). The lowest BCUT2D eigenvalue weighted by molar-refractivity contribution is -0.118. The van der Waals surface area contributed by atoms with E-state index in [2.05, 4.69) is 34.8 Å². The highest BCUT2D eigenvalue weighted by molar-refractivity contribution is 14.1. The van der Waals surface area contributed by atoms with E-state index in [0.29, 0.717) is 5.75 Å². The van der Waals surface area contributed by atoms with E-state index >= 15 is 0 Å². The van der Waals surface area contributed by atoms with Crippen LogP contribution < -0.4 is 10.1 Å². The molecule has 0 saturated heterocycles.